The number of carboxylic acid groups (broad SMARTS) is 1. The fraction of sp³-hybridized carbons (Fsp3) is 0.185. The molecule has 0 unspecified atom stereocenters. The van der Waals surface area contributed by atoms with E-state index in [-0.39, 0.29) is 35.1 Å². The Morgan fingerprint density at radius 1 is 1.07 bits per heavy atom. The number of hydrogen-bond donors (Lipinski definition) is 4. The summed E-state index contributed by atoms with van der Waals surface area (Å²) in [6.07, 6.45) is 1.13. The number of nitrogens with two attached hydrogens (primary N) is 1. The van der Waals surface area contributed by atoms with Crippen molar-refractivity contribution in [2.24, 2.45) is 5.73 Å². The number of rotatable bonds is 7. The fourth-order valence-electron chi connectivity index (χ4n) is 4.85. The van der Waals surface area contributed by atoms with E-state index in [0.717, 1.165) is 21.2 Å². The molecule has 0 saturated heterocycles. The Hall–Kier alpha value is -5.66. The molecule has 3 aromatic heterocycles. The van der Waals surface area contributed by atoms with Crippen molar-refractivity contribution < 1.29 is 28.7 Å². The quantitative estimate of drug-likeness (QED) is 0.229. The number of primary amides is 1. The third-order valence-corrected chi connectivity index (χ3v) is 6.78. The van der Waals surface area contributed by atoms with Gasteiger partial charge < -0.3 is 25.9 Å². The van der Waals surface area contributed by atoms with E-state index >= 15 is 0 Å². The summed E-state index contributed by atoms with van der Waals surface area (Å²) in [7, 11) is 0. The van der Waals surface area contributed by atoms with Crippen molar-refractivity contribution in [3.05, 3.63) is 87.8 Å². The summed E-state index contributed by atoms with van der Waals surface area (Å²) in [6, 6.07) is 10.9. The molecule has 1 atom stereocenters. The summed E-state index contributed by atoms with van der Waals surface area (Å²) in [4.78, 5) is 62.1. The number of oxazole rings is 1. The SMILES string of the molecule is Cc1nc2cc(CNC(=O)c3cc(C(=O)N[C@H]4CCc5cc(C(=O)O)ccc54)n4nc(C(N)=O)nc4n3)ccc2o1. The van der Waals surface area contributed by atoms with Crippen LogP contribution in [0.3, 0.4) is 0 Å². The van der Waals surface area contributed by atoms with Gasteiger partial charge in [-0.05, 0) is 53.8 Å². The molecule has 5 aromatic rings. The van der Waals surface area contributed by atoms with Gasteiger partial charge >= 0.3 is 5.97 Å². The van der Waals surface area contributed by atoms with Crippen molar-refractivity contribution in [1.82, 2.24) is 35.2 Å². The van der Waals surface area contributed by atoms with E-state index in [0.29, 0.717) is 29.8 Å². The van der Waals surface area contributed by atoms with E-state index < -0.39 is 29.7 Å². The van der Waals surface area contributed by atoms with Crippen molar-refractivity contribution in [1.29, 1.82) is 0 Å². The summed E-state index contributed by atoms with van der Waals surface area (Å²) in [6.45, 7) is 1.89. The van der Waals surface area contributed by atoms with Gasteiger partial charge in [-0.3, -0.25) is 14.4 Å². The predicted octanol–water partition coefficient (Wildman–Crippen LogP) is 1.72. The molecule has 2 aromatic carbocycles. The van der Waals surface area contributed by atoms with Gasteiger partial charge in [0.25, 0.3) is 23.5 Å². The first-order valence-corrected chi connectivity index (χ1v) is 12.5. The number of carboxylic acids is 1. The number of aryl methyl sites for hydroxylation is 2. The molecule has 0 spiro atoms. The van der Waals surface area contributed by atoms with Crippen LogP contribution < -0.4 is 16.4 Å². The molecule has 3 amide bonds. The molecule has 0 saturated carbocycles. The molecule has 14 nitrogen and oxygen atoms in total. The monoisotopic (exact) mass is 554 g/mol. The Balaban J connectivity index is 1.27. The third kappa shape index (κ3) is 4.82. The van der Waals surface area contributed by atoms with Crippen molar-refractivity contribution in [3.63, 3.8) is 0 Å². The minimum Gasteiger partial charge on any atom is -0.478 e. The van der Waals surface area contributed by atoms with Crippen LogP contribution in [0.2, 0.25) is 0 Å². The van der Waals surface area contributed by atoms with Gasteiger partial charge in [-0.25, -0.2) is 14.8 Å². The van der Waals surface area contributed by atoms with Gasteiger partial charge in [0.1, 0.15) is 16.9 Å². The maximum atomic E-state index is 13.5. The summed E-state index contributed by atoms with van der Waals surface area (Å²) in [5.74, 6) is -3.14. The molecule has 3 heterocycles. The van der Waals surface area contributed by atoms with Crippen molar-refractivity contribution in [3.8, 4) is 0 Å². The number of hydrogen-bond acceptors (Lipinski definition) is 9. The maximum Gasteiger partial charge on any atom is 0.335 e. The first-order valence-electron chi connectivity index (χ1n) is 12.5. The topological polar surface area (TPSA) is 208 Å². The van der Waals surface area contributed by atoms with Crippen LogP contribution in [-0.4, -0.2) is 53.4 Å². The van der Waals surface area contributed by atoms with E-state index in [1.165, 1.54) is 12.1 Å². The lowest BCUT2D eigenvalue weighted by Gasteiger charge is -2.15. The number of amides is 3. The zero-order chi connectivity index (χ0) is 28.8. The number of fused-ring (bicyclic) bond motifs is 3. The number of aromatic carboxylic acids is 1. The van der Waals surface area contributed by atoms with E-state index in [2.05, 4.69) is 30.7 Å². The number of benzene rings is 2. The van der Waals surface area contributed by atoms with Crippen LogP contribution in [0, 0.1) is 6.92 Å². The Labute approximate surface area is 230 Å². The first-order chi connectivity index (χ1) is 19.7. The molecular formula is C27H22N8O6. The van der Waals surface area contributed by atoms with Crippen LogP contribution in [-0.2, 0) is 13.0 Å². The first kappa shape index (κ1) is 25.6. The second-order valence-electron chi connectivity index (χ2n) is 9.54. The average Bonchev–Trinajstić information content (AvgIpc) is 3.66. The molecule has 0 radical (unpaired) electrons. The fourth-order valence-corrected chi connectivity index (χ4v) is 4.85. The summed E-state index contributed by atoms with van der Waals surface area (Å²) in [5, 5.41) is 18.9. The van der Waals surface area contributed by atoms with Gasteiger partial charge in [-0.1, -0.05) is 12.1 Å². The molecule has 0 aliphatic heterocycles. The molecular weight excluding hydrogens is 532 g/mol. The summed E-state index contributed by atoms with van der Waals surface area (Å²) >= 11 is 0. The molecule has 5 N–H and O–H groups in total. The average molecular weight is 555 g/mol. The van der Waals surface area contributed by atoms with E-state index in [4.69, 9.17) is 10.2 Å². The largest absolute Gasteiger partial charge is 0.478 e. The van der Waals surface area contributed by atoms with Crippen LogP contribution >= 0.6 is 0 Å². The highest BCUT2D eigenvalue weighted by Crippen LogP contribution is 2.32. The van der Waals surface area contributed by atoms with Crippen LogP contribution in [0.1, 0.15) is 77.0 Å². The van der Waals surface area contributed by atoms with Gasteiger partial charge in [-0.15, -0.1) is 5.10 Å². The molecule has 1 aliphatic rings. The van der Waals surface area contributed by atoms with Crippen molar-refractivity contribution in [2.75, 3.05) is 0 Å². The number of nitrogens with one attached hydrogen (secondary N) is 2. The maximum absolute atomic E-state index is 13.5. The molecule has 41 heavy (non-hydrogen) atoms. The Bertz CT molecular complexity index is 1910. The van der Waals surface area contributed by atoms with Gasteiger partial charge in [0.2, 0.25) is 5.82 Å². The van der Waals surface area contributed by atoms with Crippen LogP contribution in [0.15, 0.2) is 46.9 Å². The summed E-state index contributed by atoms with van der Waals surface area (Å²) < 4.78 is 6.53. The second-order valence-corrected chi connectivity index (χ2v) is 9.54. The van der Waals surface area contributed by atoms with E-state index in [1.54, 1.807) is 37.3 Å². The lowest BCUT2D eigenvalue weighted by atomic mass is 10.0. The Kier molecular flexibility index (Phi) is 6.13. The smallest absolute Gasteiger partial charge is 0.335 e. The van der Waals surface area contributed by atoms with E-state index in [1.807, 2.05) is 0 Å². The van der Waals surface area contributed by atoms with Crippen LogP contribution in [0.5, 0.6) is 0 Å². The lowest BCUT2D eigenvalue weighted by Crippen LogP contribution is -2.30. The molecule has 6 rings (SSSR count). The molecule has 0 fully saturated rings. The standard InChI is InChI=1S/C27H22N8O6/c1-12-30-18-8-13(2-7-21(18)41-12)11-29-24(37)19-10-20(35-27(32-19)33-23(34-35)22(28)36)25(38)31-17-6-4-14-9-15(26(39)40)3-5-16(14)17/h2-3,5,7-10,17H,4,6,11H2,1H3,(H2,28,36)(H,29,37)(H,31,38)(H,39,40)/t17-/m0/s1. The molecule has 0 bridgehead atoms. The highest BCUT2D eigenvalue weighted by molar-refractivity contribution is 5.98. The van der Waals surface area contributed by atoms with Crippen LogP contribution in [0.4, 0.5) is 0 Å². The highest BCUT2D eigenvalue weighted by Gasteiger charge is 2.28. The van der Waals surface area contributed by atoms with Crippen molar-refractivity contribution >= 4 is 40.6 Å². The summed E-state index contributed by atoms with van der Waals surface area (Å²) in [5.41, 5.74) is 8.96. The van der Waals surface area contributed by atoms with Gasteiger partial charge in [-0.2, -0.15) is 9.50 Å². The number of carbonyl (C=O) groups is 4. The molecule has 1 aliphatic carbocycles. The normalized spacial score (nSPS) is 14.2. The Morgan fingerprint density at radius 3 is 2.68 bits per heavy atom. The minimum atomic E-state index is -1.03. The predicted molar refractivity (Wildman–Crippen MR) is 141 cm³/mol. The van der Waals surface area contributed by atoms with Crippen LogP contribution in [0.25, 0.3) is 16.9 Å². The molecule has 206 valence electrons. The Morgan fingerprint density at radius 2 is 1.90 bits per heavy atom. The van der Waals surface area contributed by atoms with E-state index in [9.17, 15) is 24.3 Å². The zero-order valence-electron chi connectivity index (χ0n) is 21.5. The third-order valence-electron chi connectivity index (χ3n) is 6.78. The number of carbonyl (C=O) groups excluding carboxylic acids is 3. The van der Waals surface area contributed by atoms with Gasteiger partial charge in [0.15, 0.2) is 11.5 Å². The lowest BCUT2D eigenvalue weighted by molar-refractivity contribution is 0.0695. The zero-order valence-corrected chi connectivity index (χ0v) is 21.5. The number of nitrogens with zero attached hydrogens (tertiary/aromatic N) is 5. The minimum absolute atomic E-state index is 0.0877. The number of aromatic nitrogens is 5. The second kappa shape index (κ2) is 9.82. The van der Waals surface area contributed by atoms with Gasteiger partial charge in [0.05, 0.1) is 11.6 Å². The highest BCUT2D eigenvalue weighted by atomic mass is 16.4. The van der Waals surface area contributed by atoms with Crippen molar-refractivity contribution in [2.45, 2.75) is 32.4 Å². The van der Waals surface area contributed by atoms with Gasteiger partial charge in [0, 0.05) is 19.5 Å². The molecule has 14 heteroatoms.